The molecule has 3 saturated carbocycles. The summed E-state index contributed by atoms with van der Waals surface area (Å²) in [5.41, 5.74) is 0.560. The molecule has 3 aliphatic rings. The standard InChI is InChI=1S/C31H46F2O/c1-3-5-6-7-22-8-10-23(11-9-22)24-12-14-25(15-13-24)26-16-18-27(19-17-26)28-20-21-29(34-4-2)31(33)30(28)32/h3,5,20-27H,4,6-19H2,1-2H3/b5-3+. The Morgan fingerprint density at radius 3 is 1.82 bits per heavy atom. The first-order chi connectivity index (χ1) is 16.6. The molecule has 34 heavy (non-hydrogen) atoms. The molecule has 3 heteroatoms. The molecule has 4 rings (SSSR count). The normalized spacial score (nSPS) is 32.7. The molecule has 0 spiro atoms. The van der Waals surface area contributed by atoms with E-state index in [1.165, 1.54) is 77.0 Å². The second-order valence-electron chi connectivity index (χ2n) is 11.4. The van der Waals surface area contributed by atoms with Crippen LogP contribution < -0.4 is 4.74 Å². The molecule has 0 radical (unpaired) electrons. The fourth-order valence-corrected chi connectivity index (χ4v) is 7.57. The Balaban J connectivity index is 1.20. The first-order valence-corrected chi connectivity index (χ1v) is 14.3. The van der Waals surface area contributed by atoms with Crippen molar-refractivity contribution in [2.24, 2.45) is 29.6 Å². The Morgan fingerprint density at radius 1 is 0.765 bits per heavy atom. The highest BCUT2D eigenvalue weighted by molar-refractivity contribution is 5.33. The Bertz CT molecular complexity index is 779. The topological polar surface area (TPSA) is 9.23 Å². The molecule has 0 saturated heterocycles. The van der Waals surface area contributed by atoms with Crippen LogP contribution in [0.1, 0.15) is 115 Å². The van der Waals surface area contributed by atoms with Crippen LogP contribution in [0.25, 0.3) is 0 Å². The SMILES string of the molecule is C/C=C/CCC1CCC(C2CCC(C3CCC(c4ccc(OCC)c(F)c4F)CC3)CC2)CC1. The van der Waals surface area contributed by atoms with Crippen LogP contribution in [-0.4, -0.2) is 6.61 Å². The molecule has 0 bridgehead atoms. The molecule has 1 nitrogen and oxygen atoms in total. The van der Waals surface area contributed by atoms with Crippen LogP contribution >= 0.6 is 0 Å². The summed E-state index contributed by atoms with van der Waals surface area (Å²) in [5.74, 6) is 3.24. The zero-order chi connectivity index (χ0) is 23.9. The van der Waals surface area contributed by atoms with E-state index in [-0.39, 0.29) is 11.7 Å². The molecule has 3 aliphatic carbocycles. The lowest BCUT2D eigenvalue weighted by molar-refractivity contribution is 0.109. The fourth-order valence-electron chi connectivity index (χ4n) is 7.57. The van der Waals surface area contributed by atoms with E-state index in [4.69, 9.17) is 4.74 Å². The minimum atomic E-state index is -0.813. The van der Waals surface area contributed by atoms with Crippen molar-refractivity contribution < 1.29 is 13.5 Å². The van der Waals surface area contributed by atoms with E-state index in [1.54, 1.807) is 19.1 Å². The summed E-state index contributed by atoms with van der Waals surface area (Å²) in [6, 6.07) is 3.37. The summed E-state index contributed by atoms with van der Waals surface area (Å²) >= 11 is 0. The highest BCUT2D eigenvalue weighted by Gasteiger charge is 2.35. The van der Waals surface area contributed by atoms with Gasteiger partial charge in [0.15, 0.2) is 11.6 Å². The van der Waals surface area contributed by atoms with Gasteiger partial charge in [-0.1, -0.05) is 31.1 Å². The monoisotopic (exact) mass is 472 g/mol. The third-order valence-corrected chi connectivity index (χ3v) is 9.61. The predicted octanol–water partition coefficient (Wildman–Crippen LogP) is 9.61. The van der Waals surface area contributed by atoms with Gasteiger partial charge < -0.3 is 4.74 Å². The molecule has 190 valence electrons. The Kier molecular flexibility index (Phi) is 9.48. The highest BCUT2D eigenvalue weighted by Crippen LogP contribution is 2.48. The van der Waals surface area contributed by atoms with E-state index in [0.717, 1.165) is 42.4 Å². The number of halogens is 2. The van der Waals surface area contributed by atoms with Gasteiger partial charge >= 0.3 is 0 Å². The number of benzene rings is 1. The van der Waals surface area contributed by atoms with Gasteiger partial charge in [0.25, 0.3) is 0 Å². The third kappa shape index (κ3) is 6.24. The molecule has 1 aromatic rings. The molecule has 0 heterocycles. The Hall–Kier alpha value is -1.38. The van der Waals surface area contributed by atoms with Crippen LogP contribution in [0.5, 0.6) is 5.75 Å². The summed E-state index contributed by atoms with van der Waals surface area (Å²) in [7, 11) is 0. The Morgan fingerprint density at radius 2 is 1.29 bits per heavy atom. The number of allylic oxidation sites excluding steroid dienone is 2. The summed E-state index contributed by atoms with van der Waals surface area (Å²) < 4.78 is 34.3. The van der Waals surface area contributed by atoms with Gasteiger partial charge in [-0.2, -0.15) is 4.39 Å². The van der Waals surface area contributed by atoms with E-state index in [0.29, 0.717) is 12.2 Å². The van der Waals surface area contributed by atoms with E-state index < -0.39 is 11.6 Å². The van der Waals surface area contributed by atoms with Gasteiger partial charge in [0.2, 0.25) is 5.82 Å². The zero-order valence-electron chi connectivity index (χ0n) is 21.5. The van der Waals surface area contributed by atoms with Crippen molar-refractivity contribution in [1.82, 2.24) is 0 Å². The maximum Gasteiger partial charge on any atom is 0.200 e. The van der Waals surface area contributed by atoms with E-state index in [2.05, 4.69) is 19.1 Å². The van der Waals surface area contributed by atoms with Crippen molar-refractivity contribution in [1.29, 1.82) is 0 Å². The number of ether oxygens (including phenoxy) is 1. The molecule has 0 amide bonds. The van der Waals surface area contributed by atoms with Crippen LogP contribution in [0.3, 0.4) is 0 Å². The van der Waals surface area contributed by atoms with E-state index >= 15 is 0 Å². The molecule has 3 fully saturated rings. The largest absolute Gasteiger partial charge is 0.491 e. The Labute approximate surface area is 206 Å². The first kappa shape index (κ1) is 25.7. The summed E-state index contributed by atoms with van der Waals surface area (Å²) in [6.07, 6.45) is 23.0. The van der Waals surface area contributed by atoms with Crippen LogP contribution in [0, 0.1) is 41.2 Å². The maximum atomic E-state index is 14.7. The highest BCUT2D eigenvalue weighted by atomic mass is 19.2. The predicted molar refractivity (Wildman–Crippen MR) is 137 cm³/mol. The van der Waals surface area contributed by atoms with E-state index in [9.17, 15) is 8.78 Å². The van der Waals surface area contributed by atoms with Gasteiger partial charge in [-0.05, 0) is 138 Å². The molecule has 1 aromatic carbocycles. The number of hydrogen-bond donors (Lipinski definition) is 0. The number of hydrogen-bond acceptors (Lipinski definition) is 1. The van der Waals surface area contributed by atoms with Crippen LogP contribution in [0.4, 0.5) is 8.78 Å². The molecule has 0 N–H and O–H groups in total. The lowest BCUT2D eigenvalue weighted by Gasteiger charge is -2.41. The van der Waals surface area contributed by atoms with Gasteiger partial charge in [0.05, 0.1) is 6.61 Å². The first-order valence-electron chi connectivity index (χ1n) is 14.3. The third-order valence-electron chi connectivity index (χ3n) is 9.61. The van der Waals surface area contributed by atoms with Crippen molar-refractivity contribution in [2.75, 3.05) is 6.61 Å². The van der Waals surface area contributed by atoms with Crippen LogP contribution in [-0.2, 0) is 0 Å². The van der Waals surface area contributed by atoms with Crippen molar-refractivity contribution in [2.45, 2.75) is 110 Å². The average molecular weight is 473 g/mol. The van der Waals surface area contributed by atoms with E-state index in [1.807, 2.05) is 0 Å². The smallest absolute Gasteiger partial charge is 0.200 e. The van der Waals surface area contributed by atoms with Crippen molar-refractivity contribution in [3.8, 4) is 5.75 Å². The lowest BCUT2D eigenvalue weighted by Crippen LogP contribution is -2.29. The van der Waals surface area contributed by atoms with Crippen molar-refractivity contribution in [3.05, 3.63) is 41.5 Å². The molecular weight excluding hydrogens is 426 g/mol. The van der Waals surface area contributed by atoms with Crippen molar-refractivity contribution >= 4 is 0 Å². The van der Waals surface area contributed by atoms with Gasteiger partial charge in [0, 0.05) is 0 Å². The fraction of sp³-hybridized carbons (Fsp3) is 0.742. The van der Waals surface area contributed by atoms with Gasteiger partial charge in [-0.3, -0.25) is 0 Å². The molecule has 0 aliphatic heterocycles. The maximum absolute atomic E-state index is 14.7. The molecule has 0 aromatic heterocycles. The van der Waals surface area contributed by atoms with Crippen molar-refractivity contribution in [3.63, 3.8) is 0 Å². The van der Waals surface area contributed by atoms with Crippen LogP contribution in [0.2, 0.25) is 0 Å². The quantitative estimate of drug-likeness (QED) is 0.342. The molecular formula is C31H46F2O. The number of rotatable bonds is 8. The zero-order valence-corrected chi connectivity index (χ0v) is 21.5. The minimum absolute atomic E-state index is 0.0383. The summed E-state index contributed by atoms with van der Waals surface area (Å²) in [5, 5.41) is 0. The average Bonchev–Trinajstić information content (AvgIpc) is 2.88. The minimum Gasteiger partial charge on any atom is -0.491 e. The summed E-state index contributed by atoms with van der Waals surface area (Å²) in [6.45, 7) is 4.26. The van der Waals surface area contributed by atoms with Gasteiger partial charge in [0.1, 0.15) is 0 Å². The van der Waals surface area contributed by atoms with Gasteiger partial charge in [-0.15, -0.1) is 0 Å². The second kappa shape index (κ2) is 12.5. The molecule has 0 unspecified atom stereocenters. The van der Waals surface area contributed by atoms with Crippen LogP contribution in [0.15, 0.2) is 24.3 Å². The molecule has 0 atom stereocenters. The second-order valence-corrected chi connectivity index (χ2v) is 11.4. The van der Waals surface area contributed by atoms with Gasteiger partial charge in [-0.25, -0.2) is 4.39 Å². The summed E-state index contributed by atoms with van der Waals surface area (Å²) in [4.78, 5) is 0. The lowest BCUT2D eigenvalue weighted by atomic mass is 9.64.